The van der Waals surface area contributed by atoms with Crippen LogP contribution in [0.2, 0.25) is 0 Å². The minimum atomic E-state index is -4.86. The lowest BCUT2D eigenvalue weighted by molar-refractivity contribution is 0.466. The molecule has 2 aromatic rings. The van der Waals surface area contributed by atoms with Gasteiger partial charge in [-0.25, -0.2) is 0 Å². The van der Waals surface area contributed by atoms with Gasteiger partial charge in [0.15, 0.2) is 0 Å². The summed E-state index contributed by atoms with van der Waals surface area (Å²) in [5, 5.41) is 0.440. The second-order valence-electron chi connectivity index (χ2n) is 4.36. The van der Waals surface area contributed by atoms with E-state index in [9.17, 15) is 25.9 Å². The van der Waals surface area contributed by atoms with Crippen molar-refractivity contribution in [2.24, 2.45) is 0 Å². The first-order chi connectivity index (χ1) is 9.66. The summed E-state index contributed by atoms with van der Waals surface area (Å²) in [6.45, 7) is 3.46. The van der Waals surface area contributed by atoms with E-state index in [4.69, 9.17) is 0 Å². The lowest BCUT2D eigenvalue weighted by Crippen LogP contribution is -2.12. The summed E-state index contributed by atoms with van der Waals surface area (Å²) < 4.78 is 65.2. The van der Waals surface area contributed by atoms with Crippen molar-refractivity contribution in [1.82, 2.24) is 0 Å². The van der Waals surface area contributed by atoms with Crippen LogP contribution in [0.25, 0.3) is 10.8 Å². The molecule has 21 heavy (non-hydrogen) atoms. The summed E-state index contributed by atoms with van der Waals surface area (Å²) >= 11 is 0. The maximum absolute atomic E-state index is 11.6. The first-order valence-corrected chi connectivity index (χ1v) is 8.64. The molecule has 0 bridgehead atoms. The second-order valence-corrected chi connectivity index (χ2v) is 7.07. The summed E-state index contributed by atoms with van der Waals surface area (Å²) in [4.78, 5) is -1.64. The molecule has 0 heterocycles. The predicted octanol–water partition coefficient (Wildman–Crippen LogP) is 2.06. The Hall–Kier alpha value is -1.74. The Balaban J connectivity index is 3.15. The SMILES string of the molecule is C=CCc1cc2ccccc2c(S(=O)(=O)O)c1S(=O)(=O)O. The zero-order chi connectivity index (χ0) is 15.8. The molecule has 2 aromatic carbocycles. The van der Waals surface area contributed by atoms with Gasteiger partial charge in [-0.15, -0.1) is 6.58 Å². The highest BCUT2D eigenvalue weighted by Crippen LogP contribution is 2.33. The van der Waals surface area contributed by atoms with Crippen molar-refractivity contribution >= 4 is 31.0 Å². The number of fused-ring (bicyclic) bond motifs is 1. The van der Waals surface area contributed by atoms with E-state index in [2.05, 4.69) is 6.58 Å². The second kappa shape index (κ2) is 5.23. The van der Waals surface area contributed by atoms with Crippen LogP contribution in [0, 0.1) is 0 Å². The molecular weight excluding hydrogens is 316 g/mol. The van der Waals surface area contributed by atoms with Crippen molar-refractivity contribution in [3.63, 3.8) is 0 Å². The van der Waals surface area contributed by atoms with Gasteiger partial charge in [0.1, 0.15) is 9.79 Å². The van der Waals surface area contributed by atoms with Gasteiger partial charge in [0.2, 0.25) is 0 Å². The van der Waals surface area contributed by atoms with Crippen LogP contribution in [0.3, 0.4) is 0 Å². The van der Waals surface area contributed by atoms with Crippen LogP contribution in [0.15, 0.2) is 52.8 Å². The highest BCUT2D eigenvalue weighted by Gasteiger charge is 2.29. The molecule has 0 aromatic heterocycles. The van der Waals surface area contributed by atoms with Crippen molar-refractivity contribution in [3.05, 3.63) is 48.6 Å². The van der Waals surface area contributed by atoms with E-state index in [1.54, 1.807) is 12.1 Å². The molecule has 2 rings (SSSR count). The average Bonchev–Trinajstić information content (AvgIpc) is 2.35. The van der Waals surface area contributed by atoms with Crippen LogP contribution in [-0.4, -0.2) is 25.9 Å². The summed E-state index contributed by atoms with van der Waals surface area (Å²) in [5.74, 6) is 0. The summed E-state index contributed by atoms with van der Waals surface area (Å²) in [7, 11) is -9.71. The first kappa shape index (κ1) is 15.6. The molecule has 0 radical (unpaired) electrons. The molecular formula is C13H12O6S2. The van der Waals surface area contributed by atoms with Crippen LogP contribution >= 0.6 is 0 Å². The summed E-state index contributed by atoms with van der Waals surface area (Å²) in [6, 6.07) is 7.50. The van der Waals surface area contributed by atoms with Gasteiger partial charge in [-0.1, -0.05) is 30.3 Å². The smallest absolute Gasteiger partial charge is 0.282 e. The predicted molar refractivity (Wildman–Crippen MR) is 77.5 cm³/mol. The zero-order valence-electron chi connectivity index (χ0n) is 10.7. The molecule has 112 valence electrons. The van der Waals surface area contributed by atoms with E-state index in [-0.39, 0.29) is 17.4 Å². The molecule has 0 aliphatic rings. The van der Waals surface area contributed by atoms with Gasteiger partial charge in [0.05, 0.1) is 0 Å². The van der Waals surface area contributed by atoms with E-state index in [0.717, 1.165) is 0 Å². The maximum atomic E-state index is 11.6. The molecule has 0 aliphatic carbocycles. The minimum absolute atomic E-state index is 0.0143. The maximum Gasteiger partial charge on any atom is 0.296 e. The van der Waals surface area contributed by atoms with E-state index in [0.29, 0.717) is 5.39 Å². The Morgan fingerprint density at radius 3 is 2.10 bits per heavy atom. The molecule has 0 unspecified atom stereocenters. The van der Waals surface area contributed by atoms with Crippen LogP contribution in [0.5, 0.6) is 0 Å². The summed E-state index contributed by atoms with van der Waals surface area (Å²) in [6.07, 6.45) is 1.38. The van der Waals surface area contributed by atoms with E-state index in [1.165, 1.54) is 24.3 Å². The van der Waals surface area contributed by atoms with Crippen LogP contribution < -0.4 is 0 Å². The number of benzene rings is 2. The molecule has 8 heteroatoms. The van der Waals surface area contributed by atoms with Crippen LogP contribution in [0.4, 0.5) is 0 Å². The summed E-state index contributed by atoms with van der Waals surface area (Å²) in [5.41, 5.74) is 0.0406. The largest absolute Gasteiger partial charge is 0.296 e. The Bertz CT molecular complexity index is 927. The van der Waals surface area contributed by atoms with Gasteiger partial charge in [0, 0.05) is 5.39 Å². The quantitative estimate of drug-likeness (QED) is 0.657. The molecule has 0 amide bonds. The fourth-order valence-electron chi connectivity index (χ4n) is 2.20. The van der Waals surface area contributed by atoms with Gasteiger partial charge in [-0.3, -0.25) is 9.11 Å². The molecule has 0 saturated carbocycles. The Morgan fingerprint density at radius 2 is 1.57 bits per heavy atom. The topological polar surface area (TPSA) is 109 Å². The van der Waals surface area contributed by atoms with E-state index in [1.807, 2.05) is 0 Å². The molecule has 0 aliphatic heterocycles. The monoisotopic (exact) mass is 328 g/mol. The molecule has 0 fully saturated rings. The third-order valence-electron chi connectivity index (χ3n) is 2.91. The minimum Gasteiger partial charge on any atom is -0.282 e. The Morgan fingerprint density at radius 1 is 1.00 bits per heavy atom. The number of hydrogen-bond acceptors (Lipinski definition) is 4. The van der Waals surface area contributed by atoms with Gasteiger partial charge in [-0.2, -0.15) is 16.8 Å². The molecule has 2 N–H and O–H groups in total. The van der Waals surface area contributed by atoms with Gasteiger partial charge < -0.3 is 0 Å². The Labute approximate surface area is 122 Å². The fourth-order valence-corrected chi connectivity index (χ4v) is 4.48. The lowest BCUT2D eigenvalue weighted by Gasteiger charge is -2.13. The zero-order valence-corrected chi connectivity index (χ0v) is 12.4. The fraction of sp³-hybridized carbons (Fsp3) is 0.0769. The lowest BCUT2D eigenvalue weighted by atomic mass is 10.0. The van der Waals surface area contributed by atoms with Crippen molar-refractivity contribution in [1.29, 1.82) is 0 Å². The van der Waals surface area contributed by atoms with Gasteiger partial charge in [0.25, 0.3) is 20.2 Å². The van der Waals surface area contributed by atoms with Crippen molar-refractivity contribution in [2.75, 3.05) is 0 Å². The van der Waals surface area contributed by atoms with Crippen molar-refractivity contribution < 1.29 is 25.9 Å². The number of allylic oxidation sites excluding steroid dienone is 1. The highest BCUT2D eigenvalue weighted by atomic mass is 32.2. The molecule has 0 spiro atoms. The van der Waals surface area contributed by atoms with Crippen LogP contribution in [0.1, 0.15) is 5.56 Å². The van der Waals surface area contributed by atoms with Crippen molar-refractivity contribution in [3.8, 4) is 0 Å². The third kappa shape index (κ3) is 2.98. The number of hydrogen-bond donors (Lipinski definition) is 2. The molecule has 0 saturated heterocycles. The number of rotatable bonds is 4. The van der Waals surface area contributed by atoms with Gasteiger partial charge in [-0.05, 0) is 23.4 Å². The van der Waals surface area contributed by atoms with Crippen molar-refractivity contribution in [2.45, 2.75) is 16.2 Å². The normalized spacial score (nSPS) is 12.5. The highest BCUT2D eigenvalue weighted by molar-refractivity contribution is 7.89. The molecule has 6 nitrogen and oxygen atoms in total. The average molecular weight is 328 g/mol. The van der Waals surface area contributed by atoms with Gasteiger partial charge >= 0.3 is 0 Å². The van der Waals surface area contributed by atoms with E-state index < -0.39 is 30.0 Å². The van der Waals surface area contributed by atoms with Crippen LogP contribution in [-0.2, 0) is 26.7 Å². The van der Waals surface area contributed by atoms with E-state index >= 15 is 0 Å². The Kier molecular flexibility index (Phi) is 3.89. The standard InChI is InChI=1S/C13H12O6S2/c1-2-5-10-8-9-6-3-4-7-11(9)13(21(17,18)19)12(10)20(14,15)16/h2-4,6-8H,1,5H2,(H,14,15,16)(H,17,18,19). The molecule has 0 atom stereocenters. The first-order valence-electron chi connectivity index (χ1n) is 5.76. The third-order valence-corrected chi connectivity index (χ3v) is 4.96.